The number of hydrogen-bond donors (Lipinski definition) is 1. The maximum Gasteiger partial charge on any atom is 0.0631 e. The van der Waals surface area contributed by atoms with Crippen molar-refractivity contribution in [2.45, 2.75) is 45.3 Å². The van der Waals surface area contributed by atoms with E-state index < -0.39 is 0 Å². The predicted molar refractivity (Wildman–Crippen MR) is 71.0 cm³/mol. The normalized spacial score (nSPS) is 38.1. The molecular formula is C14H28N2O. The molecule has 0 bridgehead atoms. The van der Waals surface area contributed by atoms with Crippen LogP contribution in [0.5, 0.6) is 0 Å². The number of likely N-dealkylation sites (N-methyl/N-ethyl adjacent to an activating group) is 1. The van der Waals surface area contributed by atoms with Crippen LogP contribution < -0.4 is 0 Å². The third kappa shape index (κ3) is 2.83. The van der Waals surface area contributed by atoms with Crippen LogP contribution in [-0.2, 0) is 0 Å². The van der Waals surface area contributed by atoms with Gasteiger partial charge in [0, 0.05) is 19.1 Å². The van der Waals surface area contributed by atoms with Gasteiger partial charge in [0.25, 0.3) is 0 Å². The molecule has 0 aromatic heterocycles. The lowest BCUT2D eigenvalue weighted by Crippen LogP contribution is -2.37. The highest BCUT2D eigenvalue weighted by Crippen LogP contribution is 2.41. The fourth-order valence-corrected chi connectivity index (χ4v) is 3.42. The predicted octanol–water partition coefficient (Wildman–Crippen LogP) is 1.42. The Balaban J connectivity index is 1.83. The zero-order chi connectivity index (χ0) is 12.6. The van der Waals surface area contributed by atoms with Gasteiger partial charge in [0.05, 0.1) is 6.10 Å². The minimum Gasteiger partial charge on any atom is -0.392 e. The molecule has 2 rings (SSSR count). The quantitative estimate of drug-likeness (QED) is 0.808. The van der Waals surface area contributed by atoms with Gasteiger partial charge in [-0.15, -0.1) is 0 Å². The number of aliphatic hydroxyl groups is 1. The van der Waals surface area contributed by atoms with E-state index in [1.807, 2.05) is 0 Å². The van der Waals surface area contributed by atoms with Crippen LogP contribution in [0.3, 0.4) is 0 Å². The van der Waals surface area contributed by atoms with Crippen molar-refractivity contribution >= 4 is 0 Å². The summed E-state index contributed by atoms with van der Waals surface area (Å²) >= 11 is 0. The first-order valence-corrected chi connectivity index (χ1v) is 6.97. The third-order valence-electron chi connectivity index (χ3n) is 4.88. The number of likely N-dealkylation sites (tertiary alicyclic amines) is 1. The fourth-order valence-electron chi connectivity index (χ4n) is 3.42. The van der Waals surface area contributed by atoms with Gasteiger partial charge in [-0.3, -0.25) is 0 Å². The molecule has 100 valence electrons. The molecule has 3 nitrogen and oxygen atoms in total. The van der Waals surface area contributed by atoms with Crippen molar-refractivity contribution in [2.24, 2.45) is 11.3 Å². The lowest BCUT2D eigenvalue weighted by molar-refractivity contribution is 0.0347. The van der Waals surface area contributed by atoms with Crippen LogP contribution in [0.15, 0.2) is 0 Å². The van der Waals surface area contributed by atoms with E-state index in [-0.39, 0.29) is 11.5 Å². The second kappa shape index (κ2) is 4.87. The molecule has 1 aliphatic carbocycles. The summed E-state index contributed by atoms with van der Waals surface area (Å²) in [5.41, 5.74) is 0.130. The Hall–Kier alpha value is -0.120. The average Bonchev–Trinajstić information content (AvgIpc) is 2.79. The minimum absolute atomic E-state index is 0.110. The molecule has 0 aromatic carbocycles. The van der Waals surface area contributed by atoms with Gasteiger partial charge in [-0.2, -0.15) is 0 Å². The Labute approximate surface area is 106 Å². The van der Waals surface area contributed by atoms with Crippen LogP contribution >= 0.6 is 0 Å². The molecule has 0 amide bonds. The van der Waals surface area contributed by atoms with Crippen molar-refractivity contribution in [2.75, 3.05) is 33.7 Å². The number of aliphatic hydroxyl groups excluding tert-OH is 1. The Kier molecular flexibility index (Phi) is 3.81. The first-order chi connectivity index (χ1) is 7.90. The highest BCUT2D eigenvalue weighted by atomic mass is 16.3. The second-order valence-corrected chi connectivity index (χ2v) is 6.90. The molecule has 1 saturated heterocycles. The Morgan fingerprint density at radius 2 is 2.00 bits per heavy atom. The van der Waals surface area contributed by atoms with E-state index in [0.29, 0.717) is 12.0 Å². The molecule has 1 saturated carbocycles. The molecule has 0 aromatic rings. The summed E-state index contributed by atoms with van der Waals surface area (Å²) in [5.74, 6) is 0.492. The highest BCUT2D eigenvalue weighted by Gasteiger charge is 2.41. The molecule has 2 fully saturated rings. The lowest BCUT2D eigenvalue weighted by atomic mass is 9.87. The molecule has 3 heteroatoms. The van der Waals surface area contributed by atoms with Gasteiger partial charge in [-0.25, -0.2) is 0 Å². The van der Waals surface area contributed by atoms with Crippen molar-refractivity contribution in [3.63, 3.8) is 0 Å². The molecule has 0 radical (unpaired) electrons. The minimum atomic E-state index is -0.110. The van der Waals surface area contributed by atoms with Crippen LogP contribution in [0.25, 0.3) is 0 Å². The van der Waals surface area contributed by atoms with E-state index in [1.54, 1.807) is 0 Å². The molecule has 1 N–H and O–H groups in total. The Morgan fingerprint density at radius 3 is 2.47 bits per heavy atom. The summed E-state index contributed by atoms with van der Waals surface area (Å²) in [7, 11) is 4.34. The number of hydrogen-bond acceptors (Lipinski definition) is 3. The standard InChI is InChI=1S/C14H28N2O/c1-14(2)7-5-11(13(14)17)9-16-8-6-12(10-16)15(3)4/h11-13,17H,5-10H2,1-4H3. The van der Waals surface area contributed by atoms with Crippen LogP contribution in [0.4, 0.5) is 0 Å². The summed E-state index contributed by atoms with van der Waals surface area (Å²) < 4.78 is 0. The van der Waals surface area contributed by atoms with Crippen molar-refractivity contribution in [3.05, 3.63) is 0 Å². The molecule has 2 aliphatic rings. The lowest BCUT2D eigenvalue weighted by Gasteiger charge is -2.28. The molecular weight excluding hydrogens is 212 g/mol. The van der Waals surface area contributed by atoms with Gasteiger partial charge in [0.2, 0.25) is 0 Å². The van der Waals surface area contributed by atoms with E-state index in [9.17, 15) is 5.11 Å². The number of rotatable bonds is 3. The van der Waals surface area contributed by atoms with Crippen molar-refractivity contribution < 1.29 is 5.11 Å². The van der Waals surface area contributed by atoms with E-state index >= 15 is 0 Å². The van der Waals surface area contributed by atoms with Crippen LogP contribution in [0, 0.1) is 11.3 Å². The second-order valence-electron chi connectivity index (χ2n) is 6.90. The van der Waals surface area contributed by atoms with Gasteiger partial charge in [-0.1, -0.05) is 13.8 Å². The smallest absolute Gasteiger partial charge is 0.0631 e. The first-order valence-electron chi connectivity index (χ1n) is 6.97. The third-order valence-corrected chi connectivity index (χ3v) is 4.88. The molecule has 1 aliphatic heterocycles. The topological polar surface area (TPSA) is 26.7 Å². The van der Waals surface area contributed by atoms with Crippen molar-refractivity contribution in [1.82, 2.24) is 9.80 Å². The highest BCUT2D eigenvalue weighted by molar-refractivity contribution is 4.93. The maximum absolute atomic E-state index is 10.3. The van der Waals surface area contributed by atoms with Crippen LogP contribution in [0.2, 0.25) is 0 Å². The molecule has 3 unspecified atom stereocenters. The monoisotopic (exact) mass is 240 g/mol. The van der Waals surface area contributed by atoms with E-state index in [0.717, 1.165) is 6.54 Å². The number of nitrogens with zero attached hydrogens (tertiary/aromatic N) is 2. The van der Waals surface area contributed by atoms with Crippen molar-refractivity contribution in [1.29, 1.82) is 0 Å². The largest absolute Gasteiger partial charge is 0.392 e. The van der Waals surface area contributed by atoms with Crippen LogP contribution in [0.1, 0.15) is 33.1 Å². The molecule has 17 heavy (non-hydrogen) atoms. The first kappa shape index (κ1) is 13.3. The summed E-state index contributed by atoms with van der Waals surface area (Å²) in [6.07, 6.45) is 3.53. The van der Waals surface area contributed by atoms with Gasteiger partial charge >= 0.3 is 0 Å². The van der Waals surface area contributed by atoms with Gasteiger partial charge in [0.15, 0.2) is 0 Å². The van der Waals surface area contributed by atoms with Gasteiger partial charge in [-0.05, 0) is 51.2 Å². The van der Waals surface area contributed by atoms with Crippen LogP contribution in [-0.4, -0.2) is 60.8 Å². The molecule has 0 spiro atoms. The fraction of sp³-hybridized carbons (Fsp3) is 1.00. The SMILES string of the molecule is CN(C)C1CCN(CC2CCC(C)(C)C2O)C1. The summed E-state index contributed by atoms with van der Waals surface area (Å²) in [6, 6.07) is 0.710. The Bertz CT molecular complexity index is 265. The summed E-state index contributed by atoms with van der Waals surface area (Å²) in [4.78, 5) is 4.87. The van der Waals surface area contributed by atoms with E-state index in [2.05, 4.69) is 37.7 Å². The molecule has 3 atom stereocenters. The average molecular weight is 240 g/mol. The van der Waals surface area contributed by atoms with E-state index in [1.165, 1.54) is 32.4 Å². The van der Waals surface area contributed by atoms with E-state index in [4.69, 9.17) is 0 Å². The molecule has 1 heterocycles. The van der Waals surface area contributed by atoms with Gasteiger partial charge < -0.3 is 14.9 Å². The van der Waals surface area contributed by atoms with Gasteiger partial charge in [0.1, 0.15) is 0 Å². The summed E-state index contributed by atoms with van der Waals surface area (Å²) in [6.45, 7) is 7.87. The zero-order valence-corrected chi connectivity index (χ0v) is 11.8. The zero-order valence-electron chi connectivity index (χ0n) is 11.8. The maximum atomic E-state index is 10.3. The summed E-state index contributed by atoms with van der Waals surface area (Å²) in [5, 5.41) is 10.3. The van der Waals surface area contributed by atoms with Crippen molar-refractivity contribution in [3.8, 4) is 0 Å². The Morgan fingerprint density at radius 1 is 1.29 bits per heavy atom.